The normalized spacial score (nSPS) is 19.2. The summed E-state index contributed by atoms with van der Waals surface area (Å²) in [6, 6.07) is 7.98. The van der Waals surface area contributed by atoms with Crippen LogP contribution in [0.15, 0.2) is 28.7 Å². The summed E-state index contributed by atoms with van der Waals surface area (Å²) in [7, 11) is 1.99. The summed E-state index contributed by atoms with van der Waals surface area (Å²) in [6.45, 7) is 2.80. The van der Waals surface area contributed by atoms with E-state index in [4.69, 9.17) is 16.0 Å². The molecule has 1 aromatic carbocycles. The van der Waals surface area contributed by atoms with Crippen molar-refractivity contribution in [1.29, 1.82) is 0 Å². The van der Waals surface area contributed by atoms with Crippen LogP contribution in [0.25, 0.3) is 11.5 Å². The lowest BCUT2D eigenvalue weighted by atomic mass is 10.2. The number of benzene rings is 1. The average Bonchev–Trinajstić information content (AvgIpc) is 3.11. The van der Waals surface area contributed by atoms with Crippen molar-refractivity contribution in [3.05, 3.63) is 35.2 Å². The molecule has 0 spiro atoms. The zero-order valence-electron chi connectivity index (χ0n) is 12.1. The van der Waals surface area contributed by atoms with Gasteiger partial charge in [0.2, 0.25) is 11.8 Å². The second-order valence-corrected chi connectivity index (χ2v) is 5.77. The zero-order chi connectivity index (χ0) is 14.7. The van der Waals surface area contributed by atoms with Gasteiger partial charge in [-0.15, -0.1) is 10.2 Å². The summed E-state index contributed by atoms with van der Waals surface area (Å²) in [5.41, 5.74) is 0.895. The van der Waals surface area contributed by atoms with E-state index in [1.54, 1.807) is 0 Å². The van der Waals surface area contributed by atoms with Gasteiger partial charge in [0.15, 0.2) is 0 Å². The third-order valence-electron chi connectivity index (χ3n) is 3.84. The number of hydrogen-bond donors (Lipinski definition) is 1. The van der Waals surface area contributed by atoms with Gasteiger partial charge in [-0.3, -0.25) is 4.90 Å². The number of rotatable bonds is 5. The Bertz CT molecular complexity index is 584. The first-order chi connectivity index (χ1) is 10.3. The van der Waals surface area contributed by atoms with Crippen LogP contribution in [0.5, 0.6) is 0 Å². The van der Waals surface area contributed by atoms with Gasteiger partial charge in [-0.05, 0) is 50.7 Å². The van der Waals surface area contributed by atoms with Crippen molar-refractivity contribution >= 4 is 11.6 Å². The Balaban J connectivity index is 1.69. The first-order valence-corrected chi connectivity index (χ1v) is 7.61. The number of nitrogens with one attached hydrogen (secondary N) is 1. The third kappa shape index (κ3) is 3.43. The standard InChI is InChI=1S/C15H19ClN4O/c1-17-9-13-3-2-8-20(13)10-14-18-19-15(21-14)11-4-6-12(16)7-5-11/h4-7,13,17H,2-3,8-10H2,1H3. The quantitative estimate of drug-likeness (QED) is 0.920. The van der Waals surface area contributed by atoms with Crippen LogP contribution < -0.4 is 5.32 Å². The highest BCUT2D eigenvalue weighted by molar-refractivity contribution is 6.30. The summed E-state index contributed by atoms with van der Waals surface area (Å²) in [6.07, 6.45) is 2.45. The highest BCUT2D eigenvalue weighted by atomic mass is 35.5. The first kappa shape index (κ1) is 14.5. The molecule has 6 heteroatoms. The molecule has 0 radical (unpaired) electrons. The smallest absolute Gasteiger partial charge is 0.247 e. The van der Waals surface area contributed by atoms with Crippen LogP contribution in [0, 0.1) is 0 Å². The molecule has 0 aliphatic carbocycles. The van der Waals surface area contributed by atoms with Crippen molar-refractivity contribution in [3.63, 3.8) is 0 Å². The van der Waals surface area contributed by atoms with E-state index in [2.05, 4.69) is 20.4 Å². The average molecular weight is 307 g/mol. The van der Waals surface area contributed by atoms with Crippen LogP contribution >= 0.6 is 11.6 Å². The maximum atomic E-state index is 5.88. The van der Waals surface area contributed by atoms with E-state index < -0.39 is 0 Å². The van der Waals surface area contributed by atoms with Gasteiger partial charge in [-0.25, -0.2) is 0 Å². The second kappa shape index (κ2) is 6.56. The molecule has 1 aromatic heterocycles. The third-order valence-corrected chi connectivity index (χ3v) is 4.09. The van der Waals surface area contributed by atoms with E-state index >= 15 is 0 Å². The van der Waals surface area contributed by atoms with Crippen molar-refractivity contribution < 1.29 is 4.42 Å². The predicted molar refractivity (Wildman–Crippen MR) is 82.1 cm³/mol. The van der Waals surface area contributed by atoms with E-state index in [0.717, 1.165) is 18.7 Å². The lowest BCUT2D eigenvalue weighted by molar-refractivity contribution is 0.220. The maximum Gasteiger partial charge on any atom is 0.247 e. The monoisotopic (exact) mass is 306 g/mol. The Morgan fingerprint density at radius 1 is 1.33 bits per heavy atom. The molecule has 1 N–H and O–H groups in total. The Labute approximate surface area is 129 Å². The topological polar surface area (TPSA) is 54.2 Å². The molecule has 1 fully saturated rings. The fourth-order valence-corrected chi connectivity index (χ4v) is 2.90. The van der Waals surface area contributed by atoms with Crippen LogP contribution in [-0.4, -0.2) is 41.3 Å². The van der Waals surface area contributed by atoms with Crippen molar-refractivity contribution in [3.8, 4) is 11.5 Å². The van der Waals surface area contributed by atoms with Crippen molar-refractivity contribution in [2.24, 2.45) is 0 Å². The molecule has 112 valence electrons. The molecule has 21 heavy (non-hydrogen) atoms. The second-order valence-electron chi connectivity index (χ2n) is 5.33. The molecule has 0 amide bonds. The molecule has 1 aliphatic heterocycles. The summed E-state index contributed by atoms with van der Waals surface area (Å²) >= 11 is 5.88. The predicted octanol–water partition coefficient (Wildman–Crippen LogP) is 2.57. The number of aromatic nitrogens is 2. The van der Waals surface area contributed by atoms with Crippen molar-refractivity contribution in [1.82, 2.24) is 20.4 Å². The van der Waals surface area contributed by atoms with Gasteiger partial charge >= 0.3 is 0 Å². The molecule has 2 heterocycles. The van der Waals surface area contributed by atoms with Gasteiger partial charge in [0.1, 0.15) is 0 Å². The SMILES string of the molecule is CNCC1CCCN1Cc1nnc(-c2ccc(Cl)cc2)o1. The van der Waals surface area contributed by atoms with Gasteiger partial charge in [-0.2, -0.15) is 0 Å². The minimum absolute atomic E-state index is 0.547. The molecular weight excluding hydrogens is 288 g/mol. The van der Waals surface area contributed by atoms with Gasteiger partial charge in [0, 0.05) is 23.2 Å². The van der Waals surface area contributed by atoms with Gasteiger partial charge in [-0.1, -0.05) is 11.6 Å². The molecule has 1 atom stereocenters. The summed E-state index contributed by atoms with van der Waals surface area (Å²) in [5.74, 6) is 1.22. The van der Waals surface area contributed by atoms with Crippen molar-refractivity contribution in [2.75, 3.05) is 20.1 Å². The van der Waals surface area contributed by atoms with Crippen LogP contribution in [0.3, 0.4) is 0 Å². The zero-order valence-corrected chi connectivity index (χ0v) is 12.8. The number of likely N-dealkylation sites (N-methyl/N-ethyl adjacent to an activating group) is 1. The first-order valence-electron chi connectivity index (χ1n) is 7.23. The molecule has 1 aliphatic rings. The van der Waals surface area contributed by atoms with Gasteiger partial charge in [0.05, 0.1) is 6.54 Å². The summed E-state index contributed by atoms with van der Waals surface area (Å²) in [4.78, 5) is 2.40. The lowest BCUT2D eigenvalue weighted by Crippen LogP contribution is -2.36. The lowest BCUT2D eigenvalue weighted by Gasteiger charge is -2.22. The fraction of sp³-hybridized carbons (Fsp3) is 0.467. The fourth-order valence-electron chi connectivity index (χ4n) is 2.77. The highest BCUT2D eigenvalue weighted by Crippen LogP contribution is 2.23. The molecule has 2 aromatic rings. The number of nitrogens with zero attached hydrogens (tertiary/aromatic N) is 3. The summed E-state index contributed by atoms with van der Waals surface area (Å²) < 4.78 is 5.77. The maximum absolute atomic E-state index is 5.88. The van der Waals surface area contributed by atoms with Crippen LogP contribution in [0.1, 0.15) is 18.7 Å². The van der Waals surface area contributed by atoms with Crippen LogP contribution in [-0.2, 0) is 6.54 Å². The minimum Gasteiger partial charge on any atom is -0.419 e. The minimum atomic E-state index is 0.547. The molecular formula is C15H19ClN4O. The van der Waals surface area contributed by atoms with E-state index in [0.29, 0.717) is 29.4 Å². The number of likely N-dealkylation sites (tertiary alicyclic amines) is 1. The largest absolute Gasteiger partial charge is 0.419 e. The molecule has 1 saturated heterocycles. The molecule has 1 unspecified atom stereocenters. The summed E-state index contributed by atoms with van der Waals surface area (Å²) in [5, 5.41) is 12.2. The van der Waals surface area contributed by atoms with Crippen LogP contribution in [0.2, 0.25) is 5.02 Å². The van der Waals surface area contributed by atoms with Crippen molar-refractivity contribution in [2.45, 2.75) is 25.4 Å². The van der Waals surface area contributed by atoms with E-state index in [-0.39, 0.29) is 0 Å². The van der Waals surface area contributed by atoms with Gasteiger partial charge in [0.25, 0.3) is 0 Å². The molecule has 0 bridgehead atoms. The van der Waals surface area contributed by atoms with E-state index in [1.165, 1.54) is 12.8 Å². The highest BCUT2D eigenvalue weighted by Gasteiger charge is 2.25. The number of hydrogen-bond acceptors (Lipinski definition) is 5. The molecule has 0 saturated carbocycles. The van der Waals surface area contributed by atoms with E-state index in [1.807, 2.05) is 31.3 Å². The van der Waals surface area contributed by atoms with Gasteiger partial charge < -0.3 is 9.73 Å². The molecule has 3 rings (SSSR count). The Morgan fingerprint density at radius 2 is 2.14 bits per heavy atom. The Hall–Kier alpha value is -1.43. The van der Waals surface area contributed by atoms with E-state index in [9.17, 15) is 0 Å². The number of halogens is 1. The Kier molecular flexibility index (Phi) is 4.53. The Morgan fingerprint density at radius 3 is 2.90 bits per heavy atom. The van der Waals surface area contributed by atoms with Crippen LogP contribution in [0.4, 0.5) is 0 Å². The molecule has 5 nitrogen and oxygen atoms in total.